The molecule has 1 saturated heterocycles. The van der Waals surface area contributed by atoms with Crippen LogP contribution < -0.4 is 11.2 Å². The van der Waals surface area contributed by atoms with Gasteiger partial charge in [-0.3, -0.25) is 23.8 Å². The van der Waals surface area contributed by atoms with Gasteiger partial charge in [-0.15, -0.1) is 0 Å². The molecule has 8 heteroatoms. The summed E-state index contributed by atoms with van der Waals surface area (Å²) in [5, 5.41) is 7.06. The van der Waals surface area contributed by atoms with Crippen molar-refractivity contribution in [3.05, 3.63) is 50.1 Å². The third-order valence-electron chi connectivity index (χ3n) is 4.98. The summed E-state index contributed by atoms with van der Waals surface area (Å²) in [7, 11) is 2.92. The van der Waals surface area contributed by atoms with Crippen LogP contribution in [0.4, 0.5) is 0 Å². The molecule has 0 spiro atoms. The summed E-state index contributed by atoms with van der Waals surface area (Å²) in [6, 6.07) is 1.24. The van der Waals surface area contributed by atoms with E-state index in [1.165, 1.54) is 24.7 Å². The van der Waals surface area contributed by atoms with Crippen LogP contribution in [0.2, 0.25) is 0 Å². The van der Waals surface area contributed by atoms with Gasteiger partial charge in [0.2, 0.25) is 0 Å². The van der Waals surface area contributed by atoms with Gasteiger partial charge in [0.25, 0.3) is 11.5 Å². The Balaban J connectivity index is 1.80. The van der Waals surface area contributed by atoms with Crippen molar-refractivity contribution >= 4 is 5.91 Å². The Morgan fingerprint density at radius 2 is 2.08 bits per heavy atom. The van der Waals surface area contributed by atoms with Crippen LogP contribution in [-0.2, 0) is 20.5 Å². The number of amides is 1. The fraction of sp³-hybridized carbons (Fsp3) is 0.529. The Bertz CT molecular complexity index is 908. The molecule has 2 aromatic heterocycles. The number of carbonyl (C=O) groups is 1. The van der Waals surface area contributed by atoms with Crippen molar-refractivity contribution in [3.8, 4) is 0 Å². The first kappa shape index (κ1) is 17.2. The monoisotopic (exact) mass is 345 g/mol. The molecule has 1 N–H and O–H groups in total. The molecule has 2 aromatic rings. The maximum atomic E-state index is 12.8. The Morgan fingerprint density at radius 3 is 2.76 bits per heavy atom. The minimum Gasteiger partial charge on any atom is -0.337 e. The van der Waals surface area contributed by atoms with E-state index in [4.69, 9.17) is 0 Å². The second-order valence-electron chi connectivity index (χ2n) is 6.76. The molecule has 0 aliphatic carbocycles. The topological polar surface area (TPSA) is 93.0 Å². The number of hydrogen-bond donors (Lipinski definition) is 1. The molecular formula is C17H23N5O3. The van der Waals surface area contributed by atoms with Gasteiger partial charge in [-0.05, 0) is 37.7 Å². The standard InChI is InChI=1S/C17H23N5O3/c1-11-9-18-19-13(11)7-12-5-4-6-22(10-12)16(24)14-8-15(23)21(3)17(25)20(14)2/h8-9,12H,4-7,10H2,1-3H3,(H,18,19)/t12-/m0/s1. The van der Waals surface area contributed by atoms with Gasteiger partial charge in [-0.25, -0.2) is 4.79 Å². The number of rotatable bonds is 3. The molecule has 134 valence electrons. The fourth-order valence-electron chi connectivity index (χ4n) is 3.38. The normalized spacial score (nSPS) is 17.7. The summed E-state index contributed by atoms with van der Waals surface area (Å²) >= 11 is 0. The van der Waals surface area contributed by atoms with Crippen LogP contribution in [0.1, 0.15) is 34.6 Å². The fourth-order valence-corrected chi connectivity index (χ4v) is 3.38. The van der Waals surface area contributed by atoms with Crippen molar-refractivity contribution in [1.29, 1.82) is 0 Å². The molecule has 0 saturated carbocycles. The number of aryl methyl sites for hydroxylation is 1. The molecular weight excluding hydrogens is 322 g/mol. The molecule has 8 nitrogen and oxygen atoms in total. The van der Waals surface area contributed by atoms with E-state index in [9.17, 15) is 14.4 Å². The molecule has 0 bridgehead atoms. The SMILES string of the molecule is Cc1cn[nH]c1C[C@@H]1CCCN(C(=O)c2cc(=O)n(C)c(=O)n2C)C1. The van der Waals surface area contributed by atoms with Crippen LogP contribution >= 0.6 is 0 Å². The van der Waals surface area contributed by atoms with Gasteiger partial charge in [0.15, 0.2) is 0 Å². The number of H-pyrrole nitrogens is 1. The van der Waals surface area contributed by atoms with Gasteiger partial charge >= 0.3 is 5.69 Å². The number of nitrogens with one attached hydrogen (secondary N) is 1. The number of nitrogens with zero attached hydrogens (tertiary/aromatic N) is 4. The summed E-state index contributed by atoms with van der Waals surface area (Å²) < 4.78 is 2.24. The number of likely N-dealkylation sites (tertiary alicyclic amines) is 1. The molecule has 1 fully saturated rings. The van der Waals surface area contributed by atoms with Crippen molar-refractivity contribution < 1.29 is 4.79 Å². The molecule has 0 unspecified atom stereocenters. The maximum absolute atomic E-state index is 12.8. The van der Waals surface area contributed by atoms with Gasteiger partial charge in [0, 0.05) is 38.9 Å². The highest BCUT2D eigenvalue weighted by molar-refractivity contribution is 5.92. The van der Waals surface area contributed by atoms with E-state index in [1.807, 2.05) is 6.92 Å². The smallest absolute Gasteiger partial charge is 0.331 e. The summed E-state index contributed by atoms with van der Waals surface area (Å²) in [5.41, 5.74) is 1.41. The molecule has 3 rings (SSSR count). The number of aromatic nitrogens is 4. The number of hydrogen-bond acceptors (Lipinski definition) is 4. The lowest BCUT2D eigenvalue weighted by Crippen LogP contribution is -2.45. The average Bonchev–Trinajstić information content (AvgIpc) is 3.00. The van der Waals surface area contributed by atoms with Gasteiger partial charge in [0.1, 0.15) is 5.69 Å². The van der Waals surface area contributed by atoms with E-state index < -0.39 is 11.2 Å². The summed E-state index contributed by atoms with van der Waals surface area (Å²) in [6.45, 7) is 3.27. The Labute approximate surface area is 145 Å². The molecule has 25 heavy (non-hydrogen) atoms. The Hall–Kier alpha value is -2.64. The quantitative estimate of drug-likeness (QED) is 0.861. The van der Waals surface area contributed by atoms with E-state index in [0.29, 0.717) is 19.0 Å². The summed E-state index contributed by atoms with van der Waals surface area (Å²) in [6.07, 6.45) is 4.59. The van der Waals surface area contributed by atoms with Crippen molar-refractivity contribution in [2.75, 3.05) is 13.1 Å². The van der Waals surface area contributed by atoms with Crippen molar-refractivity contribution in [2.24, 2.45) is 20.0 Å². The van der Waals surface area contributed by atoms with Crippen LogP contribution in [0, 0.1) is 12.8 Å². The first-order chi connectivity index (χ1) is 11.9. The zero-order chi connectivity index (χ0) is 18.1. The highest BCUT2D eigenvalue weighted by atomic mass is 16.2. The third-order valence-corrected chi connectivity index (χ3v) is 4.98. The molecule has 1 amide bonds. The summed E-state index contributed by atoms with van der Waals surface area (Å²) in [4.78, 5) is 38.5. The van der Waals surface area contributed by atoms with E-state index in [2.05, 4.69) is 10.2 Å². The van der Waals surface area contributed by atoms with Crippen LogP contribution in [0.5, 0.6) is 0 Å². The van der Waals surface area contributed by atoms with Gasteiger partial charge < -0.3 is 4.90 Å². The largest absolute Gasteiger partial charge is 0.337 e. The molecule has 3 heterocycles. The zero-order valence-corrected chi connectivity index (χ0v) is 14.8. The first-order valence-corrected chi connectivity index (χ1v) is 8.43. The second kappa shape index (κ2) is 6.70. The van der Waals surface area contributed by atoms with Crippen LogP contribution in [0.25, 0.3) is 0 Å². The Kier molecular flexibility index (Phi) is 4.61. The highest BCUT2D eigenvalue weighted by Gasteiger charge is 2.27. The highest BCUT2D eigenvalue weighted by Crippen LogP contribution is 2.22. The van der Waals surface area contributed by atoms with Crippen LogP contribution in [-0.4, -0.2) is 43.2 Å². The summed E-state index contributed by atoms with van der Waals surface area (Å²) in [5.74, 6) is 0.0729. The second-order valence-corrected chi connectivity index (χ2v) is 6.76. The molecule has 1 aliphatic heterocycles. The number of carbonyl (C=O) groups excluding carboxylic acids is 1. The minimum absolute atomic E-state index is 0.145. The Morgan fingerprint density at radius 1 is 1.32 bits per heavy atom. The predicted octanol–water partition coefficient (Wildman–Crippen LogP) is 0.210. The lowest BCUT2D eigenvalue weighted by molar-refractivity contribution is 0.0660. The first-order valence-electron chi connectivity index (χ1n) is 8.43. The minimum atomic E-state index is -0.488. The van der Waals surface area contributed by atoms with Gasteiger partial charge in [-0.1, -0.05) is 0 Å². The molecule has 1 atom stereocenters. The lowest BCUT2D eigenvalue weighted by Gasteiger charge is -2.33. The van der Waals surface area contributed by atoms with E-state index in [-0.39, 0.29) is 11.6 Å². The third kappa shape index (κ3) is 3.29. The molecule has 0 aromatic carbocycles. The maximum Gasteiger partial charge on any atom is 0.331 e. The van der Waals surface area contributed by atoms with Crippen molar-refractivity contribution in [2.45, 2.75) is 26.2 Å². The van der Waals surface area contributed by atoms with E-state index in [0.717, 1.165) is 35.1 Å². The van der Waals surface area contributed by atoms with Crippen molar-refractivity contribution in [3.63, 3.8) is 0 Å². The van der Waals surface area contributed by atoms with Crippen LogP contribution in [0.3, 0.4) is 0 Å². The zero-order valence-electron chi connectivity index (χ0n) is 14.8. The molecule has 1 aliphatic rings. The van der Waals surface area contributed by atoms with Crippen LogP contribution in [0.15, 0.2) is 21.9 Å². The van der Waals surface area contributed by atoms with E-state index in [1.54, 1.807) is 11.1 Å². The lowest BCUT2D eigenvalue weighted by atomic mass is 9.92. The van der Waals surface area contributed by atoms with Gasteiger partial charge in [-0.2, -0.15) is 5.10 Å². The van der Waals surface area contributed by atoms with Gasteiger partial charge in [0.05, 0.1) is 6.20 Å². The van der Waals surface area contributed by atoms with Crippen molar-refractivity contribution in [1.82, 2.24) is 24.2 Å². The van der Waals surface area contributed by atoms with E-state index >= 15 is 0 Å². The predicted molar refractivity (Wildman–Crippen MR) is 92.6 cm³/mol. The number of aromatic amines is 1. The number of piperidine rings is 1. The average molecular weight is 345 g/mol. The molecule has 0 radical (unpaired) electrons.